The van der Waals surface area contributed by atoms with Crippen molar-refractivity contribution in [2.75, 3.05) is 11.6 Å². The molecule has 0 aliphatic carbocycles. The van der Waals surface area contributed by atoms with Crippen molar-refractivity contribution < 1.29 is 4.39 Å². The first kappa shape index (κ1) is 19.8. The lowest BCUT2D eigenvalue weighted by molar-refractivity contribution is 0.590. The van der Waals surface area contributed by atoms with E-state index in [0.29, 0.717) is 16.7 Å². The number of rotatable bonds is 4. The van der Waals surface area contributed by atoms with Gasteiger partial charge in [0.25, 0.3) is 0 Å². The fraction of sp³-hybridized carbons (Fsp3) is 0.227. The smallest absolute Gasteiger partial charge is 0.189 e. The molecule has 0 aliphatic rings. The van der Waals surface area contributed by atoms with Crippen LogP contribution in [0.3, 0.4) is 0 Å². The zero-order chi connectivity index (χ0) is 20.3. The van der Waals surface area contributed by atoms with Gasteiger partial charge < -0.3 is 5.32 Å². The highest BCUT2D eigenvalue weighted by atomic mass is 32.2. The Labute approximate surface area is 168 Å². The van der Waals surface area contributed by atoms with Gasteiger partial charge in [-0.3, -0.25) is 0 Å². The fourth-order valence-corrected chi connectivity index (χ4v) is 3.12. The first-order valence-electron chi connectivity index (χ1n) is 8.82. The largest absolute Gasteiger partial charge is 0.337 e. The molecule has 0 unspecified atom stereocenters. The summed E-state index contributed by atoms with van der Waals surface area (Å²) in [6, 6.07) is 16.5. The van der Waals surface area contributed by atoms with E-state index in [-0.39, 0.29) is 16.7 Å². The lowest BCUT2D eigenvalue weighted by atomic mass is 9.86. The summed E-state index contributed by atoms with van der Waals surface area (Å²) in [6.07, 6.45) is 1.86. The number of nitrogens with one attached hydrogen (secondary N) is 1. The van der Waals surface area contributed by atoms with Crippen molar-refractivity contribution in [1.29, 1.82) is 5.26 Å². The van der Waals surface area contributed by atoms with Gasteiger partial charge in [-0.15, -0.1) is 0 Å². The molecule has 3 rings (SSSR count). The number of aromatic nitrogens is 2. The molecule has 3 aromatic rings. The maximum Gasteiger partial charge on any atom is 0.189 e. The Balaban J connectivity index is 2.11. The Morgan fingerprint density at radius 2 is 1.71 bits per heavy atom. The van der Waals surface area contributed by atoms with Crippen molar-refractivity contribution in [3.63, 3.8) is 0 Å². The third-order valence-electron chi connectivity index (χ3n) is 4.33. The zero-order valence-corrected chi connectivity index (χ0v) is 17.1. The van der Waals surface area contributed by atoms with E-state index in [4.69, 9.17) is 0 Å². The van der Waals surface area contributed by atoms with Crippen LogP contribution in [0, 0.1) is 17.1 Å². The van der Waals surface area contributed by atoms with Gasteiger partial charge >= 0.3 is 0 Å². The number of hydrogen-bond donors (Lipinski definition) is 1. The highest BCUT2D eigenvalue weighted by Gasteiger charge is 2.18. The van der Waals surface area contributed by atoms with Gasteiger partial charge in [-0.2, -0.15) is 5.26 Å². The van der Waals surface area contributed by atoms with Crippen LogP contribution in [0.1, 0.15) is 31.9 Å². The van der Waals surface area contributed by atoms with Crippen LogP contribution < -0.4 is 5.32 Å². The van der Waals surface area contributed by atoms with Crippen molar-refractivity contribution in [2.45, 2.75) is 31.3 Å². The topological polar surface area (TPSA) is 61.6 Å². The van der Waals surface area contributed by atoms with Crippen molar-refractivity contribution in [2.24, 2.45) is 0 Å². The van der Waals surface area contributed by atoms with E-state index >= 15 is 0 Å². The monoisotopic (exact) mass is 392 g/mol. The summed E-state index contributed by atoms with van der Waals surface area (Å²) >= 11 is 1.37. The Kier molecular flexibility index (Phi) is 5.66. The van der Waals surface area contributed by atoms with Crippen molar-refractivity contribution in [3.05, 3.63) is 65.5 Å². The minimum Gasteiger partial charge on any atom is -0.337 e. The molecule has 2 aromatic carbocycles. The summed E-state index contributed by atoms with van der Waals surface area (Å²) < 4.78 is 14.1. The van der Waals surface area contributed by atoms with E-state index in [2.05, 4.69) is 42.1 Å². The van der Waals surface area contributed by atoms with Gasteiger partial charge in [-0.1, -0.05) is 68.9 Å². The molecular formula is C22H21FN4S. The third-order valence-corrected chi connectivity index (χ3v) is 4.88. The Bertz CT molecular complexity index is 1030. The van der Waals surface area contributed by atoms with Crippen LogP contribution in [0.2, 0.25) is 0 Å². The van der Waals surface area contributed by atoms with Gasteiger partial charge in [0, 0.05) is 5.56 Å². The van der Waals surface area contributed by atoms with E-state index in [0.717, 1.165) is 5.56 Å². The quantitative estimate of drug-likeness (QED) is 0.441. The van der Waals surface area contributed by atoms with Gasteiger partial charge in [-0.25, -0.2) is 14.4 Å². The normalized spacial score (nSPS) is 11.1. The summed E-state index contributed by atoms with van der Waals surface area (Å²) in [6.45, 7) is 6.45. The molecule has 142 valence electrons. The molecule has 4 nitrogen and oxygen atoms in total. The van der Waals surface area contributed by atoms with Gasteiger partial charge in [0.1, 0.15) is 17.4 Å². The summed E-state index contributed by atoms with van der Waals surface area (Å²) in [5.41, 5.74) is 3.12. The summed E-state index contributed by atoms with van der Waals surface area (Å²) in [4.78, 5) is 8.94. The first-order chi connectivity index (χ1) is 13.3. The number of benzene rings is 2. The number of halogens is 1. The van der Waals surface area contributed by atoms with Crippen LogP contribution in [-0.4, -0.2) is 16.2 Å². The number of nitrogens with zero attached hydrogens (tertiary/aromatic N) is 3. The maximum absolute atomic E-state index is 14.1. The second-order valence-electron chi connectivity index (χ2n) is 7.33. The standard InChI is InChI=1S/C22H21FN4S/c1-22(2,3)15-11-9-14(10-12-15)19-16(13-24)20(27-21(26-19)28-4)25-18-8-6-5-7-17(18)23/h5-12H,1-4H3,(H,25,26,27). The number of para-hydroxylation sites is 1. The molecule has 0 saturated heterocycles. The Morgan fingerprint density at radius 1 is 1.04 bits per heavy atom. The Hall–Kier alpha value is -2.91. The third kappa shape index (κ3) is 4.15. The maximum atomic E-state index is 14.1. The molecule has 28 heavy (non-hydrogen) atoms. The number of nitriles is 1. The predicted octanol–water partition coefficient (Wildman–Crippen LogP) is 5.92. The lowest BCUT2D eigenvalue weighted by Gasteiger charge is -2.19. The van der Waals surface area contributed by atoms with Crippen LogP contribution in [0.4, 0.5) is 15.9 Å². The SMILES string of the molecule is CSc1nc(Nc2ccccc2F)c(C#N)c(-c2ccc(C(C)(C)C)cc2)n1. The molecule has 0 amide bonds. The van der Waals surface area contributed by atoms with Crippen molar-refractivity contribution in [1.82, 2.24) is 9.97 Å². The predicted molar refractivity (Wildman–Crippen MR) is 112 cm³/mol. The second-order valence-corrected chi connectivity index (χ2v) is 8.10. The molecule has 1 N–H and O–H groups in total. The van der Waals surface area contributed by atoms with Crippen LogP contribution in [-0.2, 0) is 5.41 Å². The minimum atomic E-state index is -0.410. The summed E-state index contributed by atoms with van der Waals surface area (Å²) in [5, 5.41) is 13.2. The highest BCUT2D eigenvalue weighted by Crippen LogP contribution is 2.32. The van der Waals surface area contributed by atoms with E-state index < -0.39 is 5.82 Å². The molecule has 0 saturated carbocycles. The van der Waals surface area contributed by atoms with Crippen LogP contribution >= 0.6 is 11.8 Å². The average Bonchev–Trinajstić information content (AvgIpc) is 2.68. The average molecular weight is 393 g/mol. The molecule has 0 aliphatic heterocycles. The number of anilines is 2. The van der Waals surface area contributed by atoms with Gasteiger partial charge in [0.2, 0.25) is 0 Å². The Morgan fingerprint density at radius 3 is 2.29 bits per heavy atom. The molecule has 0 radical (unpaired) electrons. The van der Waals surface area contributed by atoms with Crippen molar-refractivity contribution >= 4 is 23.3 Å². The van der Waals surface area contributed by atoms with E-state index in [1.54, 1.807) is 18.2 Å². The fourth-order valence-electron chi connectivity index (χ4n) is 2.76. The molecular weight excluding hydrogens is 371 g/mol. The van der Waals surface area contributed by atoms with E-state index in [9.17, 15) is 9.65 Å². The van der Waals surface area contributed by atoms with Gasteiger partial charge in [-0.05, 0) is 29.4 Å². The highest BCUT2D eigenvalue weighted by molar-refractivity contribution is 7.98. The second kappa shape index (κ2) is 7.99. The molecule has 6 heteroatoms. The number of hydrogen-bond acceptors (Lipinski definition) is 5. The summed E-state index contributed by atoms with van der Waals surface area (Å²) in [7, 11) is 0. The van der Waals surface area contributed by atoms with E-state index in [1.807, 2.05) is 30.5 Å². The summed E-state index contributed by atoms with van der Waals surface area (Å²) in [5.74, 6) is -0.117. The molecule has 1 aromatic heterocycles. The van der Waals surface area contributed by atoms with Crippen LogP contribution in [0.25, 0.3) is 11.3 Å². The molecule has 0 bridgehead atoms. The molecule has 0 atom stereocenters. The number of thioether (sulfide) groups is 1. The van der Waals surface area contributed by atoms with Gasteiger partial charge in [0.05, 0.1) is 11.4 Å². The molecule has 0 fully saturated rings. The van der Waals surface area contributed by atoms with Crippen molar-refractivity contribution in [3.8, 4) is 17.3 Å². The molecule has 1 heterocycles. The van der Waals surface area contributed by atoms with Crippen LogP contribution in [0.5, 0.6) is 0 Å². The lowest BCUT2D eigenvalue weighted by Crippen LogP contribution is -2.10. The molecule has 0 spiro atoms. The first-order valence-corrected chi connectivity index (χ1v) is 10.0. The van der Waals surface area contributed by atoms with E-state index in [1.165, 1.54) is 23.4 Å². The zero-order valence-electron chi connectivity index (χ0n) is 16.2. The van der Waals surface area contributed by atoms with Crippen LogP contribution in [0.15, 0.2) is 53.7 Å². The van der Waals surface area contributed by atoms with Gasteiger partial charge in [0.15, 0.2) is 11.0 Å². The minimum absolute atomic E-state index is 0.0320.